The number of allylic oxidation sites excluding steroid dienone is 4. The summed E-state index contributed by atoms with van der Waals surface area (Å²) in [7, 11) is 0. The lowest BCUT2D eigenvalue weighted by Crippen LogP contribution is -2.49. The van der Waals surface area contributed by atoms with E-state index in [1.165, 1.54) is 4.57 Å². The van der Waals surface area contributed by atoms with Crippen LogP contribution in [0.2, 0.25) is 0 Å². The highest BCUT2D eigenvalue weighted by Crippen LogP contribution is 2.25. The molecule has 2 N–H and O–H groups in total. The van der Waals surface area contributed by atoms with Gasteiger partial charge in [0.25, 0.3) is 0 Å². The van der Waals surface area contributed by atoms with Crippen LogP contribution in [0.5, 0.6) is 0 Å². The quantitative estimate of drug-likeness (QED) is 0.577. The Balaban J connectivity index is 1.88. The van der Waals surface area contributed by atoms with Crippen LogP contribution in [0.4, 0.5) is 5.69 Å². The Hall–Kier alpha value is -3.59. The van der Waals surface area contributed by atoms with Crippen molar-refractivity contribution in [2.24, 2.45) is 4.99 Å². The number of carboxylic acid groups (broad SMARTS) is 1. The number of nitrogens with zero attached hydrogens (tertiary/aromatic N) is 4. The lowest BCUT2D eigenvalue weighted by Gasteiger charge is -2.14. The third-order valence-electron chi connectivity index (χ3n) is 5.67. The van der Waals surface area contributed by atoms with Gasteiger partial charge in [0.1, 0.15) is 6.54 Å². The van der Waals surface area contributed by atoms with Gasteiger partial charge in [0.15, 0.2) is 0 Å². The number of aromatic amines is 1. The predicted octanol–water partition coefficient (Wildman–Crippen LogP) is 2.78. The van der Waals surface area contributed by atoms with Crippen LogP contribution in [-0.2, 0) is 24.4 Å². The van der Waals surface area contributed by atoms with Crippen LogP contribution < -0.4 is 17.0 Å². The van der Waals surface area contributed by atoms with E-state index in [1.807, 2.05) is 31.2 Å². The largest absolute Gasteiger partial charge is 0.480 e. The highest BCUT2D eigenvalue weighted by atomic mass is 35.5. The molecular formula is C23H24ClN5O4. The third kappa shape index (κ3) is 4.63. The molecule has 0 saturated carbocycles. The maximum absolute atomic E-state index is 13.1. The smallest absolute Gasteiger partial charge is 0.335 e. The minimum absolute atomic E-state index is 0.128. The number of H-pyrrole nitrogens is 1. The summed E-state index contributed by atoms with van der Waals surface area (Å²) in [5.41, 5.74) is 2.15. The standard InChI is InChI=1S/C23H24ClN5O4/c1-3-27-22(32)26-21(29(23(27)33)12-15-4-7-17(24)8-5-15)25-18-9-6-16-10-14(2)28(13-20(30)31)19(16)11-18/h4,6-7,9-11H,3,5,8,12-13H2,1-2H3,(H,30,31)(H,25,26,32). The van der Waals surface area contributed by atoms with Crippen molar-refractivity contribution in [3.05, 3.63) is 79.3 Å². The van der Waals surface area contributed by atoms with Gasteiger partial charge in [0.2, 0.25) is 5.62 Å². The first-order valence-corrected chi connectivity index (χ1v) is 11.0. The maximum Gasteiger partial charge on any atom is 0.335 e. The summed E-state index contributed by atoms with van der Waals surface area (Å²) in [6.07, 6.45) is 5.11. The monoisotopic (exact) mass is 469 g/mol. The number of fused-ring (bicyclic) bond motifs is 1. The normalized spacial score (nSPS) is 14.5. The van der Waals surface area contributed by atoms with Crippen molar-refractivity contribution in [3.8, 4) is 0 Å². The van der Waals surface area contributed by atoms with Gasteiger partial charge in [-0.05, 0) is 56.5 Å². The van der Waals surface area contributed by atoms with E-state index in [2.05, 4.69) is 9.98 Å². The minimum Gasteiger partial charge on any atom is -0.480 e. The summed E-state index contributed by atoms with van der Waals surface area (Å²) < 4.78 is 4.25. The molecule has 0 unspecified atom stereocenters. The Labute approximate surface area is 193 Å². The van der Waals surface area contributed by atoms with E-state index in [0.717, 1.165) is 26.3 Å². The SMILES string of the molecule is CCn1c(=O)[nH]/c(=N\c2ccc3cc(C)n(CC(=O)O)c3c2)n(CC2=CC=C(Cl)CC2)c1=O. The molecule has 3 aromatic rings. The van der Waals surface area contributed by atoms with Gasteiger partial charge in [-0.25, -0.2) is 19.1 Å². The van der Waals surface area contributed by atoms with Crippen molar-refractivity contribution in [1.29, 1.82) is 0 Å². The molecule has 1 aromatic carbocycles. The molecule has 0 bridgehead atoms. The fraction of sp³-hybridized carbons (Fsp3) is 0.304. The van der Waals surface area contributed by atoms with Crippen molar-refractivity contribution in [2.75, 3.05) is 0 Å². The zero-order valence-electron chi connectivity index (χ0n) is 18.3. The fourth-order valence-electron chi connectivity index (χ4n) is 3.97. The van der Waals surface area contributed by atoms with Crippen molar-refractivity contribution >= 4 is 34.2 Å². The van der Waals surface area contributed by atoms with Gasteiger partial charge in [-0.2, -0.15) is 0 Å². The number of hydrogen-bond acceptors (Lipinski definition) is 4. The van der Waals surface area contributed by atoms with E-state index >= 15 is 0 Å². The van der Waals surface area contributed by atoms with Gasteiger partial charge >= 0.3 is 17.3 Å². The first kappa shape index (κ1) is 22.6. The molecule has 2 heterocycles. The van der Waals surface area contributed by atoms with Crippen molar-refractivity contribution in [3.63, 3.8) is 0 Å². The van der Waals surface area contributed by atoms with Gasteiger partial charge in [-0.15, -0.1) is 0 Å². The summed E-state index contributed by atoms with van der Waals surface area (Å²) in [4.78, 5) is 44.1. The van der Waals surface area contributed by atoms with E-state index in [4.69, 9.17) is 11.6 Å². The second kappa shape index (κ2) is 9.11. The van der Waals surface area contributed by atoms with E-state index < -0.39 is 17.3 Å². The molecular weight excluding hydrogens is 446 g/mol. The number of halogens is 1. The van der Waals surface area contributed by atoms with E-state index in [1.54, 1.807) is 23.6 Å². The molecule has 0 radical (unpaired) electrons. The van der Waals surface area contributed by atoms with Crippen LogP contribution >= 0.6 is 11.6 Å². The summed E-state index contributed by atoms with van der Waals surface area (Å²) in [5, 5.41) is 10.9. The fourth-order valence-corrected chi connectivity index (χ4v) is 4.13. The Morgan fingerprint density at radius 2 is 1.94 bits per heavy atom. The van der Waals surface area contributed by atoms with E-state index in [0.29, 0.717) is 24.0 Å². The lowest BCUT2D eigenvalue weighted by atomic mass is 10.1. The molecule has 172 valence electrons. The molecule has 0 amide bonds. The van der Waals surface area contributed by atoms with Crippen molar-refractivity contribution in [2.45, 2.75) is 46.3 Å². The number of carboxylic acids is 1. The average molecular weight is 470 g/mol. The van der Waals surface area contributed by atoms with Crippen LogP contribution in [0.25, 0.3) is 10.9 Å². The molecule has 9 nitrogen and oxygen atoms in total. The zero-order chi connectivity index (χ0) is 23.7. The summed E-state index contributed by atoms with van der Waals surface area (Å²) in [6, 6.07) is 7.26. The maximum atomic E-state index is 13.1. The first-order chi connectivity index (χ1) is 15.8. The highest BCUT2D eigenvalue weighted by Gasteiger charge is 2.13. The zero-order valence-corrected chi connectivity index (χ0v) is 19.1. The van der Waals surface area contributed by atoms with Crippen LogP contribution in [0.15, 0.2) is 61.6 Å². The highest BCUT2D eigenvalue weighted by molar-refractivity contribution is 6.29. The Morgan fingerprint density at radius 1 is 1.15 bits per heavy atom. The van der Waals surface area contributed by atoms with Gasteiger partial charge < -0.3 is 9.67 Å². The number of aromatic nitrogens is 4. The van der Waals surface area contributed by atoms with Crippen LogP contribution in [0.3, 0.4) is 0 Å². The van der Waals surface area contributed by atoms with Gasteiger partial charge in [0.05, 0.1) is 17.7 Å². The predicted molar refractivity (Wildman–Crippen MR) is 126 cm³/mol. The number of benzene rings is 1. The Morgan fingerprint density at radius 3 is 2.61 bits per heavy atom. The molecule has 0 saturated heterocycles. The average Bonchev–Trinajstić information content (AvgIpc) is 3.06. The molecule has 2 aromatic heterocycles. The topological polar surface area (TPSA) is 114 Å². The molecule has 0 atom stereocenters. The molecule has 0 aliphatic heterocycles. The Bertz CT molecular complexity index is 1500. The minimum atomic E-state index is -0.946. The van der Waals surface area contributed by atoms with E-state index in [-0.39, 0.29) is 25.3 Å². The molecule has 0 spiro atoms. The molecule has 1 aliphatic rings. The number of rotatable bonds is 6. The number of nitrogens with one attached hydrogen (secondary N) is 1. The third-order valence-corrected chi connectivity index (χ3v) is 5.98. The van der Waals surface area contributed by atoms with Gasteiger partial charge in [0, 0.05) is 22.7 Å². The van der Waals surface area contributed by atoms with Crippen molar-refractivity contribution < 1.29 is 9.90 Å². The molecule has 33 heavy (non-hydrogen) atoms. The number of hydrogen-bond donors (Lipinski definition) is 2. The molecule has 1 aliphatic carbocycles. The number of aryl methyl sites for hydroxylation is 1. The van der Waals surface area contributed by atoms with Crippen molar-refractivity contribution in [1.82, 2.24) is 18.7 Å². The lowest BCUT2D eigenvalue weighted by molar-refractivity contribution is -0.137. The second-order valence-corrected chi connectivity index (χ2v) is 8.41. The second-order valence-electron chi connectivity index (χ2n) is 7.93. The van der Waals surface area contributed by atoms with Crippen LogP contribution in [-0.4, -0.2) is 29.8 Å². The Kier molecular flexibility index (Phi) is 6.24. The summed E-state index contributed by atoms with van der Waals surface area (Å²) in [6.45, 7) is 3.90. The number of aliphatic carboxylic acids is 1. The molecule has 0 fully saturated rings. The first-order valence-electron chi connectivity index (χ1n) is 10.6. The van der Waals surface area contributed by atoms with Crippen LogP contribution in [0, 0.1) is 6.92 Å². The van der Waals surface area contributed by atoms with Gasteiger partial charge in [-0.1, -0.05) is 23.7 Å². The number of carbonyl (C=O) groups is 1. The summed E-state index contributed by atoms with van der Waals surface area (Å²) in [5.74, 6) is -0.946. The van der Waals surface area contributed by atoms with E-state index in [9.17, 15) is 19.5 Å². The van der Waals surface area contributed by atoms with Gasteiger partial charge in [-0.3, -0.25) is 14.3 Å². The van der Waals surface area contributed by atoms with Crippen LogP contribution in [0.1, 0.15) is 25.5 Å². The molecule has 10 heteroatoms. The summed E-state index contributed by atoms with van der Waals surface area (Å²) >= 11 is 6.06. The molecule has 4 rings (SSSR count).